The van der Waals surface area contributed by atoms with Crippen molar-refractivity contribution in [2.24, 2.45) is 7.05 Å². The maximum absolute atomic E-state index is 12.9. The number of likely N-dealkylation sites (tertiary alicyclic amines) is 1. The molecule has 0 saturated carbocycles. The zero-order chi connectivity index (χ0) is 18.3. The summed E-state index contributed by atoms with van der Waals surface area (Å²) in [5.74, 6) is 0.483. The first-order valence-corrected chi connectivity index (χ1v) is 8.56. The van der Waals surface area contributed by atoms with Crippen molar-refractivity contribution in [1.29, 1.82) is 0 Å². The maximum Gasteiger partial charge on any atom is 0.330 e. The average Bonchev–Trinajstić information content (AvgIpc) is 3.25. The monoisotopic (exact) mass is 352 g/mol. The van der Waals surface area contributed by atoms with Crippen LogP contribution in [0.1, 0.15) is 22.8 Å². The fourth-order valence-corrected chi connectivity index (χ4v) is 3.65. The summed E-state index contributed by atoms with van der Waals surface area (Å²) in [7, 11) is 3.30. The van der Waals surface area contributed by atoms with Gasteiger partial charge in [-0.3, -0.25) is 13.9 Å². The number of benzene rings is 1. The van der Waals surface area contributed by atoms with Gasteiger partial charge >= 0.3 is 5.69 Å². The molecule has 26 heavy (non-hydrogen) atoms. The van der Waals surface area contributed by atoms with E-state index >= 15 is 0 Å². The van der Waals surface area contributed by atoms with E-state index in [0.29, 0.717) is 30.0 Å². The summed E-state index contributed by atoms with van der Waals surface area (Å²) < 4.78 is 8.62. The Labute approximate surface area is 150 Å². The van der Waals surface area contributed by atoms with Crippen molar-refractivity contribution in [2.75, 3.05) is 20.2 Å². The molecule has 134 valence electrons. The van der Waals surface area contributed by atoms with E-state index in [1.165, 1.54) is 0 Å². The smallest absolute Gasteiger partial charge is 0.330 e. The van der Waals surface area contributed by atoms with Crippen LogP contribution < -0.4 is 10.4 Å². The highest BCUT2D eigenvalue weighted by molar-refractivity contribution is 5.97. The zero-order valence-corrected chi connectivity index (χ0v) is 14.8. The third-order valence-corrected chi connectivity index (χ3v) is 5.00. The van der Waals surface area contributed by atoms with E-state index in [-0.39, 0.29) is 17.6 Å². The summed E-state index contributed by atoms with van der Waals surface area (Å²) in [5.41, 5.74) is 1.90. The Morgan fingerprint density at radius 2 is 2.04 bits per heavy atom. The van der Waals surface area contributed by atoms with Crippen LogP contribution in [0.5, 0.6) is 5.75 Å². The molecule has 1 aliphatic heterocycles. The highest BCUT2D eigenvalue weighted by Crippen LogP contribution is 2.27. The number of aryl methyl sites for hydroxylation is 1. The number of carbonyl (C=O) groups is 1. The molecule has 1 fully saturated rings. The number of ether oxygens (including phenoxy) is 1. The summed E-state index contributed by atoms with van der Waals surface area (Å²) >= 11 is 0. The minimum absolute atomic E-state index is 0.0776. The number of rotatable bonds is 3. The zero-order valence-electron chi connectivity index (χ0n) is 14.8. The largest absolute Gasteiger partial charge is 0.496 e. The number of amides is 1. The maximum atomic E-state index is 12.9. The molecule has 1 amide bonds. The molecule has 0 unspecified atom stereocenters. The molecule has 4 rings (SSSR count). The first kappa shape index (κ1) is 16.4. The van der Waals surface area contributed by atoms with E-state index in [1.807, 2.05) is 24.3 Å². The van der Waals surface area contributed by atoms with Gasteiger partial charge in [0, 0.05) is 26.3 Å². The van der Waals surface area contributed by atoms with Gasteiger partial charge in [-0.05, 0) is 30.7 Å². The SMILES string of the molecule is COc1ccccc1C(=O)N1CC[C@@H](n2c(=O)n(C)c3cccnc32)C1. The van der Waals surface area contributed by atoms with Crippen molar-refractivity contribution < 1.29 is 9.53 Å². The topological polar surface area (TPSA) is 69.4 Å². The van der Waals surface area contributed by atoms with Crippen molar-refractivity contribution in [2.45, 2.75) is 12.5 Å². The number of fused-ring (bicyclic) bond motifs is 1. The molecule has 0 aliphatic carbocycles. The molecule has 1 atom stereocenters. The number of para-hydroxylation sites is 1. The van der Waals surface area contributed by atoms with Gasteiger partial charge in [0.15, 0.2) is 5.65 Å². The summed E-state index contributed by atoms with van der Waals surface area (Å²) in [5, 5.41) is 0. The van der Waals surface area contributed by atoms with E-state index in [0.717, 1.165) is 11.9 Å². The molecule has 3 aromatic rings. The second kappa shape index (κ2) is 6.33. The van der Waals surface area contributed by atoms with Crippen LogP contribution in [-0.4, -0.2) is 45.1 Å². The Morgan fingerprint density at radius 3 is 2.85 bits per heavy atom. The Hall–Kier alpha value is -3.09. The molecule has 7 nitrogen and oxygen atoms in total. The van der Waals surface area contributed by atoms with Gasteiger partial charge in [-0.25, -0.2) is 9.78 Å². The third-order valence-electron chi connectivity index (χ3n) is 5.00. The Morgan fingerprint density at radius 1 is 1.23 bits per heavy atom. The van der Waals surface area contributed by atoms with Crippen LogP contribution >= 0.6 is 0 Å². The van der Waals surface area contributed by atoms with Crippen LogP contribution in [0.3, 0.4) is 0 Å². The van der Waals surface area contributed by atoms with Crippen molar-refractivity contribution in [3.63, 3.8) is 0 Å². The molecule has 0 radical (unpaired) electrons. The summed E-state index contributed by atoms with van der Waals surface area (Å²) in [6.07, 6.45) is 2.40. The Kier molecular flexibility index (Phi) is 3.99. The fourth-order valence-electron chi connectivity index (χ4n) is 3.65. The predicted molar refractivity (Wildman–Crippen MR) is 97.5 cm³/mol. The number of imidazole rings is 1. The normalized spacial score (nSPS) is 17.0. The summed E-state index contributed by atoms with van der Waals surface area (Å²) in [4.78, 5) is 31.7. The number of methoxy groups -OCH3 is 1. The third kappa shape index (κ3) is 2.47. The number of aromatic nitrogens is 3. The molecule has 0 spiro atoms. The number of pyridine rings is 1. The van der Waals surface area contributed by atoms with Crippen molar-refractivity contribution in [3.05, 3.63) is 58.6 Å². The van der Waals surface area contributed by atoms with E-state index < -0.39 is 0 Å². The van der Waals surface area contributed by atoms with Crippen LogP contribution in [-0.2, 0) is 7.05 Å². The highest BCUT2D eigenvalue weighted by atomic mass is 16.5. The van der Waals surface area contributed by atoms with E-state index in [2.05, 4.69) is 4.98 Å². The number of nitrogens with zero attached hydrogens (tertiary/aromatic N) is 4. The van der Waals surface area contributed by atoms with Gasteiger partial charge in [-0.15, -0.1) is 0 Å². The van der Waals surface area contributed by atoms with Crippen LogP contribution in [0, 0.1) is 0 Å². The summed E-state index contributed by atoms with van der Waals surface area (Å²) in [6.45, 7) is 1.07. The standard InChI is InChI=1S/C19H20N4O3/c1-21-15-7-5-10-20-17(15)23(19(21)25)13-9-11-22(12-13)18(24)14-6-3-4-8-16(14)26-2/h3-8,10,13H,9,11-12H2,1-2H3/t13-/m1/s1. The molecular formula is C19H20N4O3. The lowest BCUT2D eigenvalue weighted by Gasteiger charge is -2.18. The Bertz CT molecular complexity index is 1040. The average molecular weight is 352 g/mol. The first-order valence-electron chi connectivity index (χ1n) is 8.56. The van der Waals surface area contributed by atoms with Gasteiger partial charge < -0.3 is 9.64 Å². The molecular weight excluding hydrogens is 332 g/mol. The van der Waals surface area contributed by atoms with Gasteiger partial charge in [0.05, 0.1) is 24.2 Å². The lowest BCUT2D eigenvalue weighted by molar-refractivity contribution is 0.0784. The van der Waals surface area contributed by atoms with E-state index in [4.69, 9.17) is 4.74 Å². The molecule has 1 aliphatic rings. The lowest BCUT2D eigenvalue weighted by atomic mass is 10.2. The molecule has 2 aromatic heterocycles. The van der Waals surface area contributed by atoms with Crippen molar-refractivity contribution in [1.82, 2.24) is 19.0 Å². The van der Waals surface area contributed by atoms with Crippen molar-refractivity contribution >= 4 is 17.1 Å². The molecule has 1 saturated heterocycles. The predicted octanol–water partition coefficient (Wildman–Crippen LogP) is 1.83. The van der Waals surface area contributed by atoms with E-state index in [1.54, 1.807) is 46.5 Å². The van der Waals surface area contributed by atoms with Crippen LogP contribution in [0.4, 0.5) is 0 Å². The summed E-state index contributed by atoms with van der Waals surface area (Å²) in [6, 6.07) is 10.8. The second-order valence-electron chi connectivity index (χ2n) is 6.45. The van der Waals surface area contributed by atoms with Gasteiger partial charge in [0.2, 0.25) is 0 Å². The first-order chi connectivity index (χ1) is 12.6. The number of hydrogen-bond acceptors (Lipinski definition) is 4. The quantitative estimate of drug-likeness (QED) is 0.721. The van der Waals surface area contributed by atoms with Gasteiger partial charge in [0.25, 0.3) is 5.91 Å². The number of carbonyl (C=O) groups excluding carboxylic acids is 1. The molecule has 3 heterocycles. The minimum Gasteiger partial charge on any atom is -0.496 e. The van der Waals surface area contributed by atoms with Gasteiger partial charge in [-0.2, -0.15) is 0 Å². The Balaban J connectivity index is 1.65. The molecule has 7 heteroatoms. The number of hydrogen-bond donors (Lipinski definition) is 0. The molecule has 0 N–H and O–H groups in total. The van der Waals surface area contributed by atoms with E-state index in [9.17, 15) is 9.59 Å². The van der Waals surface area contributed by atoms with Crippen molar-refractivity contribution in [3.8, 4) is 5.75 Å². The minimum atomic E-state index is -0.102. The van der Waals surface area contributed by atoms with Gasteiger partial charge in [0.1, 0.15) is 5.75 Å². The molecule has 1 aromatic carbocycles. The highest BCUT2D eigenvalue weighted by Gasteiger charge is 2.31. The second-order valence-corrected chi connectivity index (χ2v) is 6.45. The molecule has 0 bridgehead atoms. The lowest BCUT2D eigenvalue weighted by Crippen LogP contribution is -2.32. The van der Waals surface area contributed by atoms with Crippen LogP contribution in [0.15, 0.2) is 47.4 Å². The van der Waals surface area contributed by atoms with Crippen LogP contribution in [0.25, 0.3) is 11.2 Å². The van der Waals surface area contributed by atoms with Crippen LogP contribution in [0.2, 0.25) is 0 Å². The fraction of sp³-hybridized carbons (Fsp3) is 0.316. The van der Waals surface area contributed by atoms with Gasteiger partial charge in [-0.1, -0.05) is 12.1 Å².